The number of rotatable bonds is 10. The van der Waals surface area contributed by atoms with Crippen LogP contribution < -0.4 is 14.8 Å². The van der Waals surface area contributed by atoms with Crippen molar-refractivity contribution in [3.05, 3.63) is 83.6 Å². The fourth-order valence-corrected chi connectivity index (χ4v) is 5.81. The number of aliphatic hydroxyl groups is 1. The minimum Gasteiger partial charge on any atom is -0.459 e. The Labute approximate surface area is 241 Å². The van der Waals surface area contributed by atoms with E-state index in [1.807, 2.05) is 54.6 Å². The Morgan fingerprint density at radius 2 is 1.90 bits per heavy atom. The number of ether oxygens (including phenoxy) is 5. The lowest BCUT2D eigenvalue weighted by Crippen LogP contribution is -2.30. The molecule has 0 unspecified atom stereocenters. The van der Waals surface area contributed by atoms with Gasteiger partial charge >= 0.3 is 0 Å². The number of aliphatic hydroxyl groups excluding tert-OH is 1. The lowest BCUT2D eigenvalue weighted by molar-refractivity contribution is -0.148. The number of amides is 1. The molecule has 2 N–H and O–H groups in total. The summed E-state index contributed by atoms with van der Waals surface area (Å²) in [6, 6.07) is 19.6. The van der Waals surface area contributed by atoms with Crippen LogP contribution in [0.25, 0.3) is 20.8 Å². The number of hydrogen-bond donors (Lipinski definition) is 2. The summed E-state index contributed by atoms with van der Waals surface area (Å²) >= 11 is 1.64. The SMILES string of the molecule is Cc1ccc2nc(-c3ccc(NC(=O)C4=C[C@@H](c5ccc6c(c5)OCO6)C[C@@H](OCCOCCO)O4)cc3)sc2c1. The second-order valence-corrected chi connectivity index (χ2v) is 10.8. The van der Waals surface area contributed by atoms with E-state index < -0.39 is 6.29 Å². The highest BCUT2D eigenvalue weighted by atomic mass is 32.1. The monoisotopic (exact) mass is 574 g/mol. The lowest BCUT2D eigenvalue weighted by atomic mass is 9.92. The Morgan fingerprint density at radius 1 is 1.05 bits per heavy atom. The van der Waals surface area contributed by atoms with Crippen molar-refractivity contribution in [2.45, 2.75) is 25.6 Å². The quantitative estimate of drug-likeness (QED) is 0.243. The lowest BCUT2D eigenvalue weighted by Gasteiger charge is -2.29. The smallest absolute Gasteiger partial charge is 0.290 e. The van der Waals surface area contributed by atoms with Crippen molar-refractivity contribution >= 4 is 33.1 Å². The summed E-state index contributed by atoms with van der Waals surface area (Å²) < 4.78 is 29.3. The molecule has 2 aliphatic heterocycles. The number of nitrogens with zero attached hydrogens (tertiary/aromatic N) is 1. The number of allylic oxidation sites excluding steroid dienone is 1. The fraction of sp³-hybridized carbons (Fsp3) is 0.290. The number of fused-ring (bicyclic) bond motifs is 2. The second-order valence-electron chi connectivity index (χ2n) is 9.76. The van der Waals surface area contributed by atoms with Gasteiger partial charge in [0.05, 0.1) is 36.6 Å². The second kappa shape index (κ2) is 12.3. The van der Waals surface area contributed by atoms with E-state index in [9.17, 15) is 4.79 Å². The zero-order valence-electron chi connectivity index (χ0n) is 22.5. The summed E-state index contributed by atoms with van der Waals surface area (Å²) in [5.41, 5.74) is 4.76. The van der Waals surface area contributed by atoms with Gasteiger partial charge in [-0.15, -0.1) is 11.3 Å². The first-order valence-corrected chi connectivity index (χ1v) is 14.2. The molecule has 9 nitrogen and oxygen atoms in total. The van der Waals surface area contributed by atoms with Crippen LogP contribution >= 0.6 is 11.3 Å². The van der Waals surface area contributed by atoms with Crippen molar-refractivity contribution < 1.29 is 33.6 Å². The normalized spacial score (nSPS) is 17.8. The van der Waals surface area contributed by atoms with E-state index >= 15 is 0 Å². The Kier molecular flexibility index (Phi) is 8.15. The Bertz CT molecular complexity index is 1570. The fourth-order valence-electron chi connectivity index (χ4n) is 4.74. The van der Waals surface area contributed by atoms with Gasteiger partial charge < -0.3 is 34.1 Å². The van der Waals surface area contributed by atoms with Crippen LogP contribution in [0.1, 0.15) is 23.5 Å². The van der Waals surface area contributed by atoms with Gasteiger partial charge in [0, 0.05) is 23.6 Å². The molecule has 3 heterocycles. The van der Waals surface area contributed by atoms with Crippen molar-refractivity contribution in [2.75, 3.05) is 38.5 Å². The minimum absolute atomic E-state index is 0.0551. The van der Waals surface area contributed by atoms with Crippen LogP contribution in [0.5, 0.6) is 11.5 Å². The first kappa shape index (κ1) is 27.2. The highest BCUT2D eigenvalue weighted by molar-refractivity contribution is 7.21. The molecule has 0 saturated carbocycles. The molecule has 0 spiro atoms. The standard InChI is InChI=1S/C31H30N2O7S/c1-19-2-8-24-28(14-19)41-31(33-24)20-3-6-23(7-4-20)32-30(35)27-16-22(17-29(40-27)37-13-12-36-11-10-34)21-5-9-25-26(15-21)39-18-38-25/h2-9,14-16,22,29,34H,10-13,17-18H2,1H3,(H,32,35)/t22-,29+/m1/s1. The number of aryl methyl sites for hydroxylation is 1. The molecule has 6 rings (SSSR count). The van der Waals surface area contributed by atoms with Gasteiger partial charge in [-0.2, -0.15) is 0 Å². The molecule has 0 aliphatic carbocycles. The van der Waals surface area contributed by atoms with Crippen molar-refractivity contribution in [1.29, 1.82) is 0 Å². The van der Waals surface area contributed by atoms with Crippen LogP contribution in [0.15, 0.2) is 72.5 Å². The predicted octanol–water partition coefficient (Wildman–Crippen LogP) is 5.38. The average molecular weight is 575 g/mol. The molecule has 0 radical (unpaired) electrons. The molecule has 1 aromatic heterocycles. The van der Waals surface area contributed by atoms with E-state index in [2.05, 4.69) is 24.4 Å². The summed E-state index contributed by atoms with van der Waals surface area (Å²) in [5, 5.41) is 12.8. The van der Waals surface area contributed by atoms with E-state index in [1.54, 1.807) is 11.3 Å². The highest BCUT2D eigenvalue weighted by Gasteiger charge is 2.30. The molecule has 0 bridgehead atoms. The highest BCUT2D eigenvalue weighted by Crippen LogP contribution is 2.39. The summed E-state index contributed by atoms with van der Waals surface area (Å²) in [7, 11) is 0. The van der Waals surface area contributed by atoms with E-state index in [-0.39, 0.29) is 44.2 Å². The average Bonchev–Trinajstić information content (AvgIpc) is 3.64. The number of hydrogen-bond acceptors (Lipinski definition) is 9. The molecular formula is C31H30N2O7S. The largest absolute Gasteiger partial charge is 0.459 e. The van der Waals surface area contributed by atoms with Gasteiger partial charge in [0.15, 0.2) is 17.3 Å². The predicted molar refractivity (Wildman–Crippen MR) is 155 cm³/mol. The van der Waals surface area contributed by atoms with Crippen LogP contribution in [-0.2, 0) is 19.0 Å². The summed E-state index contributed by atoms with van der Waals surface area (Å²) in [6.45, 7) is 3.01. The third kappa shape index (κ3) is 6.36. The maximum Gasteiger partial charge on any atom is 0.290 e. The topological polar surface area (TPSA) is 108 Å². The zero-order valence-corrected chi connectivity index (χ0v) is 23.3. The maximum atomic E-state index is 13.3. The first-order valence-electron chi connectivity index (χ1n) is 13.4. The Morgan fingerprint density at radius 3 is 2.76 bits per heavy atom. The maximum absolute atomic E-state index is 13.3. The van der Waals surface area contributed by atoms with Crippen LogP contribution in [0.4, 0.5) is 5.69 Å². The first-order chi connectivity index (χ1) is 20.1. The number of nitrogens with one attached hydrogen (secondary N) is 1. The number of thiazole rings is 1. The molecular weight excluding hydrogens is 544 g/mol. The molecule has 2 aliphatic rings. The van der Waals surface area contributed by atoms with Gasteiger partial charge in [-0.1, -0.05) is 12.1 Å². The number of anilines is 1. The molecule has 212 valence electrons. The molecule has 10 heteroatoms. The molecule has 0 saturated heterocycles. The van der Waals surface area contributed by atoms with E-state index in [0.717, 1.165) is 26.4 Å². The van der Waals surface area contributed by atoms with E-state index in [0.29, 0.717) is 30.2 Å². The van der Waals surface area contributed by atoms with Crippen molar-refractivity contribution in [3.63, 3.8) is 0 Å². The molecule has 1 amide bonds. The number of benzene rings is 3. The molecule has 4 aromatic rings. The third-order valence-corrected chi connectivity index (χ3v) is 7.87. The van der Waals surface area contributed by atoms with Crippen molar-refractivity contribution in [2.24, 2.45) is 0 Å². The van der Waals surface area contributed by atoms with Crippen LogP contribution in [0.2, 0.25) is 0 Å². The summed E-state index contributed by atoms with van der Waals surface area (Å²) in [4.78, 5) is 18.1. The molecule has 2 atom stereocenters. The van der Waals surface area contributed by atoms with Gasteiger partial charge in [-0.3, -0.25) is 4.79 Å². The zero-order chi connectivity index (χ0) is 28.2. The molecule has 0 fully saturated rings. The Balaban J connectivity index is 1.17. The minimum atomic E-state index is -0.654. The number of aromatic nitrogens is 1. The number of carbonyl (C=O) groups excluding carboxylic acids is 1. The van der Waals surface area contributed by atoms with E-state index in [4.69, 9.17) is 33.8 Å². The summed E-state index contributed by atoms with van der Waals surface area (Å²) in [6.07, 6.45) is 1.66. The van der Waals surface area contributed by atoms with Gasteiger partial charge in [0.2, 0.25) is 13.1 Å². The number of carbonyl (C=O) groups is 1. The Hall–Kier alpha value is -3.96. The van der Waals surface area contributed by atoms with Gasteiger partial charge in [0.25, 0.3) is 5.91 Å². The van der Waals surface area contributed by atoms with Crippen LogP contribution in [-0.4, -0.2) is 55.5 Å². The van der Waals surface area contributed by atoms with Gasteiger partial charge in [0.1, 0.15) is 5.01 Å². The van der Waals surface area contributed by atoms with Gasteiger partial charge in [-0.05, 0) is 72.7 Å². The summed E-state index contributed by atoms with van der Waals surface area (Å²) in [5.74, 6) is 1.02. The van der Waals surface area contributed by atoms with Crippen molar-refractivity contribution in [3.8, 4) is 22.1 Å². The van der Waals surface area contributed by atoms with Crippen molar-refractivity contribution in [1.82, 2.24) is 4.98 Å². The molecule has 3 aromatic carbocycles. The molecule has 41 heavy (non-hydrogen) atoms. The van der Waals surface area contributed by atoms with Crippen LogP contribution in [0, 0.1) is 6.92 Å². The third-order valence-electron chi connectivity index (χ3n) is 6.81. The van der Waals surface area contributed by atoms with Crippen LogP contribution in [0.3, 0.4) is 0 Å². The van der Waals surface area contributed by atoms with E-state index in [1.165, 1.54) is 5.56 Å². The van der Waals surface area contributed by atoms with Gasteiger partial charge in [-0.25, -0.2) is 4.98 Å².